The maximum atomic E-state index is 14.4. The third-order valence-corrected chi connectivity index (χ3v) is 4.10. The van der Waals surface area contributed by atoms with Gasteiger partial charge >= 0.3 is 0 Å². The smallest absolute Gasteiger partial charge is 0.210 e. The lowest BCUT2D eigenvalue weighted by molar-refractivity contribution is 0.0985. The van der Waals surface area contributed by atoms with Crippen molar-refractivity contribution in [1.29, 1.82) is 0 Å². The molecule has 0 amide bonds. The number of halogens is 1. The second-order valence-electron chi connectivity index (χ2n) is 5.94. The number of allylic oxidation sites excluding steroid dienone is 2. The summed E-state index contributed by atoms with van der Waals surface area (Å²) in [5.74, 6) is -0.978. The van der Waals surface area contributed by atoms with Gasteiger partial charge in [0, 0.05) is 17.2 Å². The van der Waals surface area contributed by atoms with Gasteiger partial charge in [-0.05, 0) is 30.5 Å². The minimum atomic E-state index is -0.418. The van der Waals surface area contributed by atoms with E-state index in [0.29, 0.717) is 16.7 Å². The molecule has 2 aromatic rings. The fourth-order valence-electron chi connectivity index (χ4n) is 2.95. The number of ketones is 2. The first-order valence-electron chi connectivity index (χ1n) is 7.97. The van der Waals surface area contributed by atoms with Gasteiger partial charge in [0.1, 0.15) is 5.82 Å². The quantitative estimate of drug-likeness (QED) is 0.903. The van der Waals surface area contributed by atoms with Crippen molar-refractivity contribution in [3.05, 3.63) is 76.2 Å². The van der Waals surface area contributed by atoms with E-state index in [4.69, 9.17) is 0 Å². The van der Waals surface area contributed by atoms with Crippen molar-refractivity contribution < 1.29 is 14.0 Å². The molecule has 0 aromatic heterocycles. The molecule has 1 N–H and O–H groups in total. The molecule has 0 saturated heterocycles. The summed E-state index contributed by atoms with van der Waals surface area (Å²) in [4.78, 5) is 24.7. The monoisotopic (exact) mass is 323 g/mol. The van der Waals surface area contributed by atoms with Crippen molar-refractivity contribution in [3.63, 3.8) is 0 Å². The maximum absolute atomic E-state index is 14.4. The van der Waals surface area contributed by atoms with Crippen LogP contribution in [0.15, 0.2) is 48.2 Å². The standard InChI is InChI=1S/C20H18FNO2/c1-3-6-13-9-12(2)19(16(21)10-13)22-17-11-18(23)14-7-4-5-8-15(14)20(17)24/h4-5,7-11,22H,3,6H2,1-2H3. The molecule has 0 bridgehead atoms. The SMILES string of the molecule is CCCc1cc(C)c(NC2=CC(=O)c3ccccc3C2=O)c(F)c1. The van der Waals surface area contributed by atoms with E-state index in [1.807, 2.05) is 13.0 Å². The van der Waals surface area contributed by atoms with Crippen LogP contribution in [0.4, 0.5) is 10.1 Å². The Morgan fingerprint density at radius 2 is 1.79 bits per heavy atom. The minimum Gasteiger partial charge on any atom is -0.350 e. The molecule has 0 spiro atoms. The average molecular weight is 323 g/mol. The Morgan fingerprint density at radius 1 is 1.08 bits per heavy atom. The van der Waals surface area contributed by atoms with Crippen LogP contribution in [0.1, 0.15) is 45.2 Å². The van der Waals surface area contributed by atoms with E-state index < -0.39 is 5.82 Å². The van der Waals surface area contributed by atoms with Gasteiger partial charge in [0.25, 0.3) is 0 Å². The van der Waals surface area contributed by atoms with Crippen molar-refractivity contribution in [1.82, 2.24) is 0 Å². The van der Waals surface area contributed by atoms with E-state index in [1.165, 1.54) is 12.1 Å². The highest BCUT2D eigenvalue weighted by Crippen LogP contribution is 2.27. The number of hydrogen-bond acceptors (Lipinski definition) is 3. The molecule has 0 fully saturated rings. The van der Waals surface area contributed by atoms with Gasteiger partial charge in [-0.1, -0.05) is 43.7 Å². The van der Waals surface area contributed by atoms with Gasteiger partial charge in [-0.15, -0.1) is 0 Å². The van der Waals surface area contributed by atoms with Crippen molar-refractivity contribution in [2.24, 2.45) is 0 Å². The second kappa shape index (κ2) is 6.40. The van der Waals surface area contributed by atoms with Crippen LogP contribution < -0.4 is 5.32 Å². The molecule has 4 heteroatoms. The summed E-state index contributed by atoms with van der Waals surface area (Å²) in [7, 11) is 0. The van der Waals surface area contributed by atoms with Crippen LogP contribution in [0.5, 0.6) is 0 Å². The van der Waals surface area contributed by atoms with Crippen molar-refractivity contribution in [2.45, 2.75) is 26.7 Å². The van der Waals surface area contributed by atoms with Gasteiger partial charge in [0.15, 0.2) is 5.78 Å². The summed E-state index contributed by atoms with van der Waals surface area (Å²) < 4.78 is 14.4. The molecule has 0 radical (unpaired) electrons. The molecule has 0 heterocycles. The Bertz CT molecular complexity index is 845. The van der Waals surface area contributed by atoms with Gasteiger partial charge in [0.2, 0.25) is 5.78 Å². The normalized spacial score (nSPS) is 13.5. The molecule has 0 unspecified atom stereocenters. The van der Waals surface area contributed by atoms with Crippen molar-refractivity contribution in [2.75, 3.05) is 5.32 Å². The van der Waals surface area contributed by atoms with Crippen LogP contribution in [0.2, 0.25) is 0 Å². The summed E-state index contributed by atoms with van der Waals surface area (Å²) in [5, 5.41) is 2.82. The number of carbonyl (C=O) groups is 2. The number of carbonyl (C=O) groups excluding carboxylic acids is 2. The average Bonchev–Trinajstić information content (AvgIpc) is 2.55. The lowest BCUT2D eigenvalue weighted by Gasteiger charge is -2.18. The lowest BCUT2D eigenvalue weighted by atomic mass is 9.92. The summed E-state index contributed by atoms with van der Waals surface area (Å²) in [6.07, 6.45) is 2.97. The van der Waals surface area contributed by atoms with E-state index in [9.17, 15) is 14.0 Å². The van der Waals surface area contributed by atoms with Crippen LogP contribution in [0.3, 0.4) is 0 Å². The van der Waals surface area contributed by atoms with Crippen molar-refractivity contribution in [3.8, 4) is 0 Å². The fourth-order valence-corrected chi connectivity index (χ4v) is 2.95. The number of aryl methyl sites for hydroxylation is 2. The van der Waals surface area contributed by atoms with Crippen LogP contribution in [0, 0.1) is 12.7 Å². The highest BCUT2D eigenvalue weighted by atomic mass is 19.1. The predicted molar refractivity (Wildman–Crippen MR) is 91.9 cm³/mol. The summed E-state index contributed by atoms with van der Waals surface area (Å²) in [6, 6.07) is 10.0. The molecule has 3 rings (SSSR count). The zero-order valence-electron chi connectivity index (χ0n) is 13.7. The van der Waals surface area contributed by atoms with Crippen LogP contribution >= 0.6 is 0 Å². The van der Waals surface area contributed by atoms with E-state index in [-0.39, 0.29) is 23.0 Å². The molecule has 24 heavy (non-hydrogen) atoms. The predicted octanol–water partition coefficient (Wildman–Crippen LogP) is 4.46. The van der Waals surface area contributed by atoms with Crippen LogP contribution in [-0.2, 0) is 6.42 Å². The van der Waals surface area contributed by atoms with E-state index in [1.54, 1.807) is 31.2 Å². The zero-order chi connectivity index (χ0) is 17.3. The Hall–Kier alpha value is -2.75. The molecule has 1 aliphatic carbocycles. The molecule has 3 nitrogen and oxygen atoms in total. The second-order valence-corrected chi connectivity index (χ2v) is 5.94. The van der Waals surface area contributed by atoms with Crippen molar-refractivity contribution >= 4 is 17.3 Å². The van der Waals surface area contributed by atoms with Gasteiger partial charge in [0.05, 0.1) is 11.4 Å². The Balaban J connectivity index is 1.95. The highest BCUT2D eigenvalue weighted by Gasteiger charge is 2.26. The third-order valence-electron chi connectivity index (χ3n) is 4.10. The van der Waals surface area contributed by atoms with Crippen LogP contribution in [0.25, 0.3) is 0 Å². The highest BCUT2D eigenvalue weighted by molar-refractivity contribution is 6.25. The first-order chi connectivity index (χ1) is 11.5. The lowest BCUT2D eigenvalue weighted by Crippen LogP contribution is -2.22. The van der Waals surface area contributed by atoms with E-state index in [2.05, 4.69) is 5.32 Å². The topological polar surface area (TPSA) is 46.2 Å². The Labute approximate surface area is 140 Å². The Kier molecular flexibility index (Phi) is 4.30. The molecule has 122 valence electrons. The summed E-state index contributed by atoms with van der Waals surface area (Å²) >= 11 is 0. The fraction of sp³-hybridized carbons (Fsp3) is 0.200. The maximum Gasteiger partial charge on any atom is 0.210 e. The molecule has 0 aliphatic heterocycles. The number of rotatable bonds is 4. The summed E-state index contributed by atoms with van der Waals surface area (Å²) in [5.41, 5.74) is 2.68. The summed E-state index contributed by atoms with van der Waals surface area (Å²) in [6.45, 7) is 3.82. The van der Waals surface area contributed by atoms with Crippen LogP contribution in [-0.4, -0.2) is 11.6 Å². The number of fused-ring (bicyclic) bond motifs is 1. The number of benzene rings is 2. The number of Topliss-reactive ketones (excluding diaryl/α,β-unsaturated/α-hetero) is 1. The van der Waals surface area contributed by atoms with Gasteiger partial charge in [-0.2, -0.15) is 0 Å². The number of hydrogen-bond donors (Lipinski definition) is 1. The number of anilines is 1. The van der Waals surface area contributed by atoms with Gasteiger partial charge in [-0.25, -0.2) is 4.39 Å². The molecule has 0 atom stereocenters. The van der Waals surface area contributed by atoms with Gasteiger partial charge < -0.3 is 5.32 Å². The minimum absolute atomic E-state index is 0.101. The van der Waals surface area contributed by atoms with E-state index in [0.717, 1.165) is 18.4 Å². The zero-order valence-corrected chi connectivity index (χ0v) is 13.7. The molecular formula is C20H18FNO2. The molecule has 0 saturated carbocycles. The first-order valence-corrected chi connectivity index (χ1v) is 7.97. The van der Waals surface area contributed by atoms with Gasteiger partial charge in [-0.3, -0.25) is 9.59 Å². The largest absolute Gasteiger partial charge is 0.350 e. The van der Waals surface area contributed by atoms with E-state index >= 15 is 0 Å². The molecule has 2 aromatic carbocycles. The third kappa shape index (κ3) is 2.87. The first kappa shape index (κ1) is 16.1. The Morgan fingerprint density at radius 3 is 2.46 bits per heavy atom. The molecule has 1 aliphatic rings. The number of nitrogens with one attached hydrogen (secondary N) is 1. The molecular weight excluding hydrogens is 305 g/mol.